The van der Waals surface area contributed by atoms with Crippen LogP contribution in [0.4, 0.5) is 0 Å². The van der Waals surface area contributed by atoms with Gasteiger partial charge in [0.25, 0.3) is 5.91 Å². The minimum atomic E-state index is -1.82. The molecule has 28 nitrogen and oxygen atoms in total. The van der Waals surface area contributed by atoms with Crippen molar-refractivity contribution >= 4 is 76.9 Å². The summed E-state index contributed by atoms with van der Waals surface area (Å²) in [5.74, 6) is -11.0. The lowest BCUT2D eigenvalue weighted by atomic mass is 9.92. The molecule has 4 aliphatic heterocycles. The monoisotopic (exact) mass is 1290 g/mol. The number of primary amides is 1. The highest BCUT2D eigenvalue weighted by Crippen LogP contribution is 2.27. The number of carbonyl (C=O) groups is 13. The average Bonchev–Trinajstić information content (AvgIpc) is 1.58. The maximum atomic E-state index is 15.2. The summed E-state index contributed by atoms with van der Waals surface area (Å²) in [5, 5.41) is 27.9. The van der Waals surface area contributed by atoms with Crippen LogP contribution < -0.4 is 42.4 Å². The second-order valence-corrected chi connectivity index (χ2v) is 26.1. The highest BCUT2D eigenvalue weighted by atomic mass is 16.6. The first-order chi connectivity index (χ1) is 43.3. The van der Waals surface area contributed by atoms with Crippen molar-refractivity contribution in [3.63, 3.8) is 0 Å². The molecule has 0 saturated carbocycles. The first-order valence-corrected chi connectivity index (χ1v) is 32.2. The highest BCUT2D eigenvalue weighted by Gasteiger charge is 2.46. The van der Waals surface area contributed by atoms with Crippen molar-refractivity contribution in [2.75, 3.05) is 34.3 Å². The normalized spacial score (nSPS) is 26.1. The SMILES string of the molecule is CC[C@H](C)[C@@H]1NC(=O)[C@H](NC(=O)[C@@H](CC(C)C)N(C)C(=O)[C@@H]2CCCN2C(=O)[C@H](C)NC(=O)[C@@H](CCC(N)=O)NC(=O)C2CCC(=O)N2)[C@H](C)OC(=O)[C@H](Cc2ccc(OC)cc2)N(C)C(=O)[C@@H]2CCCN2C(=O)[C@H](CC(C)C)NC(=O)[C@H](C(C)C)OC(=O)C[C@@H]1O. The number of likely N-dealkylation sites (tertiary alicyclic amines) is 1. The van der Waals surface area contributed by atoms with Gasteiger partial charge >= 0.3 is 11.9 Å². The minimum absolute atomic E-state index is 0.00584. The van der Waals surface area contributed by atoms with Gasteiger partial charge in [0.1, 0.15) is 66.2 Å². The van der Waals surface area contributed by atoms with Crippen LogP contribution in [-0.2, 0) is 78.2 Å². The molecule has 0 spiro atoms. The number of aliphatic hydroxyl groups is 1. The lowest BCUT2D eigenvalue weighted by Crippen LogP contribution is -2.62. The summed E-state index contributed by atoms with van der Waals surface area (Å²) in [4.78, 5) is 188. The molecule has 4 fully saturated rings. The van der Waals surface area contributed by atoms with Crippen LogP contribution in [0.1, 0.15) is 152 Å². The number of carbonyl (C=O) groups excluding carboxylic acids is 13. The molecule has 1 aromatic rings. The summed E-state index contributed by atoms with van der Waals surface area (Å²) in [6, 6.07) is -6.09. The number of esters is 2. The first kappa shape index (κ1) is 74.8. The number of ether oxygens (including phenoxy) is 3. The van der Waals surface area contributed by atoms with Crippen LogP contribution in [0.3, 0.4) is 0 Å². The standard InChI is InChI=1S/C64H99N11O17/c1-14-36(8)52-48(76)32-51(79)92-54(35(6)7)59(84)69-43(29-33(2)3)61(86)75-28-16-18-45(75)63(88)73(12)47(31-39-19-21-40(90-13)22-20-39)64(89)91-38(10)53(58(83)70-52)71-57(82)46(30-34(4)5)72(11)62(87)44-17-15-27-74(44)60(85)37(9)66-55(80)42(23-25-49(65)77)68-56(81)41-24-26-50(78)67-41/h19-22,33-38,41-48,52-54,76H,14-18,23-32H2,1-13H3,(H2,65,77)(H,66,80)(H,67,78)(H,68,81)(H,69,84)(H,70,83)(H,71,82)/t36-,37-,38-,41?,42+,43-,44-,45-,46+,47-,48-,52-,53+,54-/m0/s1. The van der Waals surface area contributed by atoms with Crippen LogP contribution in [0.15, 0.2) is 24.3 Å². The van der Waals surface area contributed by atoms with Crippen molar-refractivity contribution in [2.45, 2.75) is 231 Å². The van der Waals surface area contributed by atoms with E-state index in [1.54, 1.807) is 65.8 Å². The number of fused-ring (bicyclic) bond motifs is 1. The van der Waals surface area contributed by atoms with E-state index in [9.17, 15) is 53.1 Å². The molecule has 512 valence electrons. The molecule has 0 radical (unpaired) electrons. The van der Waals surface area contributed by atoms with Gasteiger partial charge in [-0.2, -0.15) is 0 Å². The Kier molecular flexibility index (Phi) is 27.8. The van der Waals surface area contributed by atoms with E-state index in [0.717, 1.165) is 4.90 Å². The summed E-state index contributed by atoms with van der Waals surface area (Å²) in [7, 11) is 4.24. The summed E-state index contributed by atoms with van der Waals surface area (Å²) in [5.41, 5.74) is 5.93. The van der Waals surface area contributed by atoms with Gasteiger partial charge in [0.15, 0.2) is 6.10 Å². The minimum Gasteiger partial charge on any atom is -0.497 e. The molecule has 0 bridgehead atoms. The molecule has 1 aromatic carbocycles. The van der Waals surface area contributed by atoms with E-state index in [1.807, 2.05) is 13.8 Å². The Bertz CT molecular complexity index is 2840. The molecular weight excluding hydrogens is 1190 g/mol. The molecule has 4 aliphatic rings. The maximum Gasteiger partial charge on any atom is 0.329 e. The van der Waals surface area contributed by atoms with Gasteiger partial charge in [0, 0.05) is 46.4 Å². The van der Waals surface area contributed by atoms with Gasteiger partial charge in [-0.25, -0.2) is 4.79 Å². The molecule has 9 N–H and O–H groups in total. The molecular formula is C64H99N11O17. The molecule has 28 heteroatoms. The summed E-state index contributed by atoms with van der Waals surface area (Å²) in [6.07, 6.45) is -4.24. The number of nitrogens with two attached hydrogens (primary N) is 1. The molecule has 0 aromatic heterocycles. The Morgan fingerprint density at radius 3 is 2.08 bits per heavy atom. The Morgan fingerprint density at radius 2 is 1.49 bits per heavy atom. The second kappa shape index (κ2) is 34.1. The number of aliphatic hydroxyl groups excluding tert-OH is 1. The third kappa shape index (κ3) is 20.0. The molecule has 0 aliphatic carbocycles. The number of rotatable bonds is 22. The smallest absolute Gasteiger partial charge is 0.329 e. The highest BCUT2D eigenvalue weighted by molar-refractivity contribution is 5.99. The average molecular weight is 1290 g/mol. The lowest BCUT2D eigenvalue weighted by Gasteiger charge is -2.36. The van der Waals surface area contributed by atoms with E-state index in [0.29, 0.717) is 30.6 Å². The van der Waals surface area contributed by atoms with Gasteiger partial charge < -0.3 is 76.6 Å². The summed E-state index contributed by atoms with van der Waals surface area (Å²) >= 11 is 0. The largest absolute Gasteiger partial charge is 0.497 e. The van der Waals surface area contributed by atoms with Crippen LogP contribution in [0.25, 0.3) is 0 Å². The van der Waals surface area contributed by atoms with Gasteiger partial charge in [-0.1, -0.05) is 73.9 Å². The van der Waals surface area contributed by atoms with E-state index in [4.69, 9.17) is 19.9 Å². The summed E-state index contributed by atoms with van der Waals surface area (Å²) < 4.78 is 17.3. The molecule has 1 unspecified atom stereocenters. The number of cyclic esters (lactones) is 2. The molecule has 14 atom stereocenters. The lowest BCUT2D eigenvalue weighted by molar-refractivity contribution is -0.162. The van der Waals surface area contributed by atoms with Crippen molar-refractivity contribution in [3.8, 4) is 5.75 Å². The van der Waals surface area contributed by atoms with Gasteiger partial charge in [-0.05, 0) is 107 Å². The predicted molar refractivity (Wildman–Crippen MR) is 333 cm³/mol. The zero-order valence-electron chi connectivity index (χ0n) is 55.6. The number of hydrogen-bond acceptors (Lipinski definition) is 17. The van der Waals surface area contributed by atoms with Gasteiger partial charge in [-0.15, -0.1) is 0 Å². The number of amides is 11. The quantitative estimate of drug-likeness (QED) is 0.0722. The number of nitrogens with one attached hydrogen (secondary N) is 6. The van der Waals surface area contributed by atoms with Crippen LogP contribution in [-0.4, -0.2) is 215 Å². The number of likely N-dealkylation sites (N-methyl/N-ethyl adjacent to an activating group) is 2. The van der Waals surface area contributed by atoms with E-state index >= 15 is 14.4 Å². The first-order valence-electron chi connectivity index (χ1n) is 32.2. The van der Waals surface area contributed by atoms with Gasteiger partial charge in [-0.3, -0.25) is 57.5 Å². The van der Waals surface area contributed by atoms with Crippen molar-refractivity contribution in [3.05, 3.63) is 29.8 Å². The Morgan fingerprint density at radius 1 is 0.826 bits per heavy atom. The maximum absolute atomic E-state index is 15.2. The number of hydrogen-bond donors (Lipinski definition) is 8. The van der Waals surface area contributed by atoms with E-state index < -0.39 is 168 Å². The van der Waals surface area contributed by atoms with Crippen molar-refractivity contribution in [2.24, 2.45) is 29.4 Å². The molecule has 4 heterocycles. The Labute approximate surface area is 538 Å². The third-order valence-electron chi connectivity index (χ3n) is 17.6. The van der Waals surface area contributed by atoms with E-state index in [-0.39, 0.29) is 88.6 Å². The van der Waals surface area contributed by atoms with Crippen molar-refractivity contribution in [1.82, 2.24) is 51.5 Å². The topological polar surface area (TPSA) is 381 Å². The van der Waals surface area contributed by atoms with Crippen LogP contribution in [0.2, 0.25) is 0 Å². The van der Waals surface area contributed by atoms with Crippen LogP contribution in [0, 0.1) is 23.7 Å². The third-order valence-corrected chi connectivity index (χ3v) is 17.6. The fraction of sp³-hybridized carbons (Fsp3) is 0.703. The molecule has 5 rings (SSSR count). The van der Waals surface area contributed by atoms with E-state index in [1.165, 1.54) is 49.8 Å². The molecule has 92 heavy (non-hydrogen) atoms. The molecule has 4 saturated heterocycles. The fourth-order valence-corrected chi connectivity index (χ4v) is 12.1. The zero-order chi connectivity index (χ0) is 68.6. The van der Waals surface area contributed by atoms with Gasteiger partial charge in [0.05, 0.1) is 25.7 Å². The Hall–Kier alpha value is -7.91. The fourth-order valence-electron chi connectivity index (χ4n) is 12.1. The number of nitrogens with zero attached hydrogens (tertiary/aromatic N) is 4. The van der Waals surface area contributed by atoms with Crippen molar-refractivity contribution in [1.29, 1.82) is 0 Å². The second-order valence-electron chi connectivity index (χ2n) is 26.1. The summed E-state index contributed by atoms with van der Waals surface area (Å²) in [6.45, 7) is 17.0. The predicted octanol–water partition coefficient (Wildman–Crippen LogP) is 0.264. The van der Waals surface area contributed by atoms with Crippen LogP contribution in [0.5, 0.6) is 5.75 Å². The number of benzene rings is 1. The van der Waals surface area contributed by atoms with E-state index in [2.05, 4.69) is 31.9 Å². The Balaban J connectivity index is 1.52. The molecule has 11 amide bonds. The van der Waals surface area contributed by atoms with Gasteiger partial charge in [0.2, 0.25) is 59.1 Å². The van der Waals surface area contributed by atoms with Crippen LogP contribution >= 0.6 is 0 Å². The van der Waals surface area contributed by atoms with Crippen molar-refractivity contribution < 1.29 is 81.6 Å². The zero-order valence-corrected chi connectivity index (χ0v) is 55.6. The number of methoxy groups -OCH3 is 1.